The number of amides is 3. The highest BCUT2D eigenvalue weighted by molar-refractivity contribution is 6.31. The van der Waals surface area contributed by atoms with Crippen molar-refractivity contribution in [2.45, 2.75) is 6.92 Å². The molecular formula is C19H19Cl2N3O2. The lowest BCUT2D eigenvalue weighted by Gasteiger charge is -2.34. The maximum atomic E-state index is 12.5. The van der Waals surface area contributed by atoms with Crippen molar-refractivity contribution in [3.8, 4) is 0 Å². The van der Waals surface area contributed by atoms with E-state index in [1.165, 1.54) is 0 Å². The number of nitrogens with one attached hydrogen (secondary N) is 1. The largest absolute Gasteiger partial charge is 0.335 e. The number of carbonyl (C=O) groups excluding carboxylic acids is 2. The first kappa shape index (κ1) is 18.5. The first-order valence-corrected chi connectivity index (χ1v) is 9.06. The van der Waals surface area contributed by atoms with Crippen molar-refractivity contribution in [3.63, 3.8) is 0 Å². The molecule has 0 saturated carbocycles. The van der Waals surface area contributed by atoms with Gasteiger partial charge in [-0.05, 0) is 42.8 Å². The van der Waals surface area contributed by atoms with Crippen LogP contribution in [0.3, 0.4) is 0 Å². The van der Waals surface area contributed by atoms with Gasteiger partial charge in [0.15, 0.2) is 0 Å². The SMILES string of the molecule is Cc1ccc(NC(=O)N2CCN(C(=O)c3cccc(Cl)c3)CC2)cc1Cl. The van der Waals surface area contributed by atoms with E-state index in [9.17, 15) is 9.59 Å². The molecular weight excluding hydrogens is 373 g/mol. The molecule has 0 bridgehead atoms. The Bertz CT molecular complexity index is 833. The van der Waals surface area contributed by atoms with Crippen molar-refractivity contribution in [1.82, 2.24) is 9.80 Å². The minimum Gasteiger partial charge on any atom is -0.335 e. The fourth-order valence-electron chi connectivity index (χ4n) is 2.79. The predicted octanol–water partition coefficient (Wildman–Crippen LogP) is 4.29. The van der Waals surface area contributed by atoms with Gasteiger partial charge < -0.3 is 15.1 Å². The van der Waals surface area contributed by atoms with Crippen LogP contribution < -0.4 is 5.32 Å². The Morgan fingerprint density at radius 3 is 2.31 bits per heavy atom. The third-order valence-electron chi connectivity index (χ3n) is 4.35. The fourth-order valence-corrected chi connectivity index (χ4v) is 3.16. The number of carbonyl (C=O) groups is 2. The van der Waals surface area contributed by atoms with Gasteiger partial charge in [0.2, 0.25) is 0 Å². The summed E-state index contributed by atoms with van der Waals surface area (Å²) in [5.74, 6) is -0.0714. The maximum absolute atomic E-state index is 12.5. The molecule has 3 amide bonds. The zero-order valence-corrected chi connectivity index (χ0v) is 15.8. The number of piperazine rings is 1. The highest BCUT2D eigenvalue weighted by Crippen LogP contribution is 2.20. The van der Waals surface area contributed by atoms with Crippen LogP contribution in [-0.2, 0) is 0 Å². The van der Waals surface area contributed by atoms with Gasteiger partial charge in [0.05, 0.1) is 0 Å². The molecule has 0 spiro atoms. The average Bonchev–Trinajstić information content (AvgIpc) is 2.64. The van der Waals surface area contributed by atoms with Gasteiger partial charge in [0.25, 0.3) is 5.91 Å². The van der Waals surface area contributed by atoms with Crippen molar-refractivity contribution < 1.29 is 9.59 Å². The topological polar surface area (TPSA) is 52.7 Å². The Hall–Kier alpha value is -2.24. The van der Waals surface area contributed by atoms with Crippen LogP contribution in [0.15, 0.2) is 42.5 Å². The van der Waals surface area contributed by atoms with E-state index in [1.54, 1.807) is 40.1 Å². The Labute approximate surface area is 162 Å². The molecule has 1 saturated heterocycles. The molecule has 7 heteroatoms. The van der Waals surface area contributed by atoms with Gasteiger partial charge >= 0.3 is 6.03 Å². The minimum atomic E-state index is -0.195. The third kappa shape index (κ3) is 4.29. The molecule has 1 fully saturated rings. The average molecular weight is 392 g/mol. The predicted molar refractivity (Wildman–Crippen MR) is 104 cm³/mol. The number of aryl methyl sites for hydroxylation is 1. The van der Waals surface area contributed by atoms with Crippen LogP contribution in [0, 0.1) is 6.92 Å². The Morgan fingerprint density at radius 1 is 0.962 bits per heavy atom. The van der Waals surface area contributed by atoms with Crippen LogP contribution in [0.2, 0.25) is 10.0 Å². The van der Waals surface area contributed by atoms with Crippen molar-refractivity contribution in [1.29, 1.82) is 0 Å². The molecule has 2 aromatic rings. The smallest absolute Gasteiger partial charge is 0.321 e. The first-order chi connectivity index (χ1) is 12.4. The molecule has 3 rings (SSSR count). The second kappa shape index (κ2) is 7.98. The van der Waals surface area contributed by atoms with Crippen LogP contribution >= 0.6 is 23.2 Å². The lowest BCUT2D eigenvalue weighted by molar-refractivity contribution is 0.0671. The van der Waals surface area contributed by atoms with Gasteiger partial charge in [0.1, 0.15) is 0 Å². The molecule has 0 aromatic heterocycles. The van der Waals surface area contributed by atoms with Crippen molar-refractivity contribution in [3.05, 3.63) is 63.6 Å². The number of halogens is 2. The molecule has 0 atom stereocenters. The number of urea groups is 1. The summed E-state index contributed by atoms with van der Waals surface area (Å²) in [6, 6.07) is 12.1. The Kier molecular flexibility index (Phi) is 5.69. The van der Waals surface area contributed by atoms with Gasteiger partial charge in [-0.15, -0.1) is 0 Å². The van der Waals surface area contributed by atoms with Crippen molar-refractivity contribution >= 4 is 40.8 Å². The summed E-state index contributed by atoms with van der Waals surface area (Å²) in [4.78, 5) is 28.4. The van der Waals surface area contributed by atoms with E-state index in [4.69, 9.17) is 23.2 Å². The second-order valence-electron chi connectivity index (χ2n) is 6.18. The number of hydrogen-bond acceptors (Lipinski definition) is 2. The van der Waals surface area contributed by atoms with E-state index in [-0.39, 0.29) is 11.9 Å². The van der Waals surface area contributed by atoms with E-state index in [0.29, 0.717) is 47.5 Å². The summed E-state index contributed by atoms with van der Waals surface area (Å²) < 4.78 is 0. The zero-order valence-electron chi connectivity index (χ0n) is 14.3. The minimum absolute atomic E-state index is 0.0714. The molecule has 136 valence electrons. The summed E-state index contributed by atoms with van der Waals surface area (Å²) in [5, 5.41) is 3.99. The molecule has 1 aliphatic rings. The monoisotopic (exact) mass is 391 g/mol. The molecule has 1 aliphatic heterocycles. The zero-order chi connectivity index (χ0) is 18.7. The van der Waals surface area contributed by atoms with Crippen molar-refractivity contribution in [2.75, 3.05) is 31.5 Å². The number of anilines is 1. The van der Waals surface area contributed by atoms with Gasteiger partial charge in [-0.25, -0.2) is 4.79 Å². The summed E-state index contributed by atoms with van der Waals surface area (Å²) in [6.07, 6.45) is 0. The van der Waals surface area contributed by atoms with Crippen LogP contribution in [0.4, 0.5) is 10.5 Å². The van der Waals surface area contributed by atoms with Crippen molar-refractivity contribution in [2.24, 2.45) is 0 Å². The molecule has 0 radical (unpaired) electrons. The molecule has 0 unspecified atom stereocenters. The third-order valence-corrected chi connectivity index (χ3v) is 4.99. The van der Waals surface area contributed by atoms with E-state index >= 15 is 0 Å². The Balaban J connectivity index is 1.56. The lowest BCUT2D eigenvalue weighted by atomic mass is 10.2. The van der Waals surface area contributed by atoms with E-state index in [1.807, 2.05) is 19.1 Å². The van der Waals surface area contributed by atoms with Gasteiger partial charge in [-0.3, -0.25) is 4.79 Å². The standard InChI is InChI=1S/C19H19Cl2N3O2/c1-13-5-6-16(12-17(13)21)22-19(26)24-9-7-23(8-10-24)18(25)14-3-2-4-15(20)11-14/h2-6,11-12H,7-10H2,1H3,(H,22,26). The van der Waals surface area contributed by atoms with Gasteiger partial charge in [-0.1, -0.05) is 35.3 Å². The molecule has 1 N–H and O–H groups in total. The first-order valence-electron chi connectivity index (χ1n) is 8.31. The molecule has 2 aromatic carbocycles. The second-order valence-corrected chi connectivity index (χ2v) is 7.03. The number of benzene rings is 2. The number of nitrogens with zero attached hydrogens (tertiary/aromatic N) is 2. The summed E-state index contributed by atoms with van der Waals surface area (Å²) in [5.41, 5.74) is 2.17. The van der Waals surface area contributed by atoms with Crippen LogP contribution in [0.5, 0.6) is 0 Å². The van der Waals surface area contributed by atoms with E-state index in [2.05, 4.69) is 5.32 Å². The van der Waals surface area contributed by atoms with Gasteiger partial charge in [0, 0.05) is 47.5 Å². The van der Waals surface area contributed by atoms with Crippen LogP contribution in [0.1, 0.15) is 15.9 Å². The molecule has 0 aliphatic carbocycles. The van der Waals surface area contributed by atoms with Crippen LogP contribution in [-0.4, -0.2) is 47.9 Å². The summed E-state index contributed by atoms with van der Waals surface area (Å²) in [7, 11) is 0. The molecule has 5 nitrogen and oxygen atoms in total. The maximum Gasteiger partial charge on any atom is 0.321 e. The normalized spacial score (nSPS) is 14.3. The Morgan fingerprint density at radius 2 is 1.65 bits per heavy atom. The van der Waals surface area contributed by atoms with E-state index < -0.39 is 0 Å². The summed E-state index contributed by atoms with van der Waals surface area (Å²) >= 11 is 12.0. The quantitative estimate of drug-likeness (QED) is 0.829. The fraction of sp³-hybridized carbons (Fsp3) is 0.263. The highest BCUT2D eigenvalue weighted by Gasteiger charge is 2.25. The number of hydrogen-bond donors (Lipinski definition) is 1. The lowest BCUT2D eigenvalue weighted by Crippen LogP contribution is -2.51. The van der Waals surface area contributed by atoms with Crippen LogP contribution in [0.25, 0.3) is 0 Å². The van der Waals surface area contributed by atoms with E-state index in [0.717, 1.165) is 5.56 Å². The molecule has 1 heterocycles. The highest BCUT2D eigenvalue weighted by atomic mass is 35.5. The molecule has 26 heavy (non-hydrogen) atoms. The number of rotatable bonds is 2. The summed E-state index contributed by atoms with van der Waals surface area (Å²) in [6.45, 7) is 3.81. The van der Waals surface area contributed by atoms with Gasteiger partial charge in [-0.2, -0.15) is 0 Å².